The zero-order chi connectivity index (χ0) is 8.81. The molecule has 1 atom stereocenters. The Morgan fingerprint density at radius 1 is 1.58 bits per heavy atom. The summed E-state index contributed by atoms with van der Waals surface area (Å²) in [5.74, 6) is 0. The molecule has 0 saturated heterocycles. The molecular formula is C9H16N2O. The van der Waals surface area contributed by atoms with Crippen LogP contribution < -0.4 is 0 Å². The molecule has 0 N–H and O–H groups in total. The van der Waals surface area contributed by atoms with E-state index in [2.05, 4.69) is 12.0 Å². The van der Waals surface area contributed by atoms with Crippen LogP contribution in [-0.4, -0.2) is 23.0 Å². The Balaban J connectivity index is 2.37. The molecule has 68 valence electrons. The minimum absolute atomic E-state index is 0.301. The van der Waals surface area contributed by atoms with Crippen LogP contribution in [0.1, 0.15) is 19.8 Å². The van der Waals surface area contributed by atoms with Gasteiger partial charge < -0.3 is 4.74 Å². The highest BCUT2D eigenvalue weighted by atomic mass is 16.5. The van der Waals surface area contributed by atoms with Crippen molar-refractivity contribution in [1.82, 2.24) is 9.78 Å². The number of hydrogen-bond acceptors (Lipinski definition) is 2. The predicted octanol–water partition coefficient (Wildman–Crippen LogP) is 1.70. The van der Waals surface area contributed by atoms with E-state index < -0.39 is 0 Å². The lowest BCUT2D eigenvalue weighted by atomic mass is 10.2. The fourth-order valence-electron chi connectivity index (χ4n) is 1.22. The highest BCUT2D eigenvalue weighted by Gasteiger charge is 2.05. The van der Waals surface area contributed by atoms with Gasteiger partial charge in [-0.2, -0.15) is 5.10 Å². The Labute approximate surface area is 73.3 Å². The van der Waals surface area contributed by atoms with Gasteiger partial charge in [0.15, 0.2) is 0 Å². The third kappa shape index (κ3) is 2.66. The average molecular weight is 168 g/mol. The van der Waals surface area contributed by atoms with E-state index in [-0.39, 0.29) is 0 Å². The normalized spacial score (nSPS) is 13.2. The van der Waals surface area contributed by atoms with E-state index >= 15 is 0 Å². The van der Waals surface area contributed by atoms with E-state index in [1.54, 1.807) is 13.3 Å². The Morgan fingerprint density at radius 3 is 2.92 bits per heavy atom. The lowest BCUT2D eigenvalue weighted by Crippen LogP contribution is -2.18. The number of methoxy groups -OCH3 is 1. The van der Waals surface area contributed by atoms with Gasteiger partial charge in [0, 0.05) is 19.5 Å². The van der Waals surface area contributed by atoms with Crippen LogP contribution in [0.25, 0.3) is 0 Å². The second-order valence-corrected chi connectivity index (χ2v) is 2.87. The molecular weight excluding hydrogens is 152 g/mol. The molecule has 1 aromatic heterocycles. The Hall–Kier alpha value is -0.830. The van der Waals surface area contributed by atoms with Gasteiger partial charge in [0.05, 0.1) is 12.6 Å². The van der Waals surface area contributed by atoms with Gasteiger partial charge in [-0.25, -0.2) is 0 Å². The molecule has 0 fully saturated rings. The van der Waals surface area contributed by atoms with Crippen molar-refractivity contribution in [2.45, 2.75) is 32.4 Å². The summed E-state index contributed by atoms with van der Waals surface area (Å²) in [6, 6.07) is 1.93. The molecule has 0 aromatic carbocycles. The summed E-state index contributed by atoms with van der Waals surface area (Å²) in [6.45, 7) is 3.02. The second-order valence-electron chi connectivity index (χ2n) is 2.87. The van der Waals surface area contributed by atoms with E-state index in [1.807, 2.05) is 16.9 Å². The van der Waals surface area contributed by atoms with Gasteiger partial charge >= 0.3 is 0 Å². The zero-order valence-electron chi connectivity index (χ0n) is 7.73. The third-order valence-corrected chi connectivity index (χ3v) is 1.89. The largest absolute Gasteiger partial charge is 0.380 e. The molecule has 0 aliphatic carbocycles. The smallest absolute Gasteiger partial charge is 0.0767 e. The van der Waals surface area contributed by atoms with E-state index in [4.69, 9.17) is 4.74 Å². The fraction of sp³-hybridized carbons (Fsp3) is 0.667. The predicted molar refractivity (Wildman–Crippen MR) is 47.9 cm³/mol. The minimum atomic E-state index is 0.301. The maximum Gasteiger partial charge on any atom is 0.0767 e. The quantitative estimate of drug-likeness (QED) is 0.669. The monoisotopic (exact) mass is 168 g/mol. The molecule has 1 aromatic rings. The lowest BCUT2D eigenvalue weighted by Gasteiger charge is -2.13. The summed E-state index contributed by atoms with van der Waals surface area (Å²) >= 11 is 0. The van der Waals surface area contributed by atoms with Crippen LogP contribution in [0.5, 0.6) is 0 Å². The molecule has 0 radical (unpaired) electrons. The van der Waals surface area contributed by atoms with Crippen LogP contribution >= 0.6 is 0 Å². The van der Waals surface area contributed by atoms with E-state index in [1.165, 1.54) is 0 Å². The minimum Gasteiger partial charge on any atom is -0.380 e. The second kappa shape index (κ2) is 4.93. The van der Waals surface area contributed by atoms with Crippen molar-refractivity contribution < 1.29 is 4.74 Å². The molecule has 0 spiro atoms. The van der Waals surface area contributed by atoms with Crippen molar-refractivity contribution in [2.24, 2.45) is 0 Å². The van der Waals surface area contributed by atoms with Gasteiger partial charge in [-0.1, -0.05) is 13.3 Å². The van der Waals surface area contributed by atoms with Crippen LogP contribution in [0, 0.1) is 0 Å². The van der Waals surface area contributed by atoms with Crippen LogP contribution in [-0.2, 0) is 11.3 Å². The maximum atomic E-state index is 5.30. The molecule has 0 aliphatic rings. The van der Waals surface area contributed by atoms with Gasteiger partial charge in [-0.05, 0) is 12.5 Å². The van der Waals surface area contributed by atoms with Crippen molar-refractivity contribution in [1.29, 1.82) is 0 Å². The Kier molecular flexibility index (Phi) is 3.80. The summed E-state index contributed by atoms with van der Waals surface area (Å²) in [5, 5.41) is 4.12. The van der Waals surface area contributed by atoms with Gasteiger partial charge in [-0.3, -0.25) is 4.68 Å². The highest BCUT2D eigenvalue weighted by molar-refractivity contribution is 4.78. The highest BCUT2D eigenvalue weighted by Crippen LogP contribution is 2.03. The van der Waals surface area contributed by atoms with Crippen LogP contribution in [0.2, 0.25) is 0 Å². The van der Waals surface area contributed by atoms with Crippen molar-refractivity contribution in [3.8, 4) is 0 Å². The maximum absolute atomic E-state index is 5.30. The van der Waals surface area contributed by atoms with Crippen LogP contribution in [0.4, 0.5) is 0 Å². The van der Waals surface area contributed by atoms with Crippen molar-refractivity contribution >= 4 is 0 Å². The standard InChI is InChI=1S/C9H16N2O/c1-3-5-9(12-2)8-11-7-4-6-10-11/h4,6-7,9H,3,5,8H2,1-2H3. The van der Waals surface area contributed by atoms with E-state index in [9.17, 15) is 0 Å². The Bertz CT molecular complexity index is 196. The molecule has 1 rings (SSSR count). The van der Waals surface area contributed by atoms with Gasteiger partial charge in [0.1, 0.15) is 0 Å². The van der Waals surface area contributed by atoms with E-state index in [0.717, 1.165) is 19.4 Å². The lowest BCUT2D eigenvalue weighted by molar-refractivity contribution is 0.0769. The Morgan fingerprint density at radius 2 is 2.42 bits per heavy atom. The molecule has 1 unspecified atom stereocenters. The summed E-state index contributed by atoms with van der Waals surface area (Å²) in [5.41, 5.74) is 0. The number of rotatable bonds is 5. The molecule has 0 saturated carbocycles. The zero-order valence-corrected chi connectivity index (χ0v) is 7.73. The first-order valence-corrected chi connectivity index (χ1v) is 4.37. The SMILES string of the molecule is CCCC(Cn1cccn1)OC. The fourth-order valence-corrected chi connectivity index (χ4v) is 1.22. The van der Waals surface area contributed by atoms with Gasteiger partial charge in [-0.15, -0.1) is 0 Å². The topological polar surface area (TPSA) is 27.1 Å². The number of hydrogen-bond donors (Lipinski definition) is 0. The number of ether oxygens (including phenoxy) is 1. The molecule has 3 heteroatoms. The van der Waals surface area contributed by atoms with Crippen molar-refractivity contribution in [3.63, 3.8) is 0 Å². The average Bonchev–Trinajstić information content (AvgIpc) is 2.56. The van der Waals surface area contributed by atoms with Crippen molar-refractivity contribution in [2.75, 3.05) is 7.11 Å². The van der Waals surface area contributed by atoms with Gasteiger partial charge in [0.2, 0.25) is 0 Å². The van der Waals surface area contributed by atoms with Crippen LogP contribution in [0.15, 0.2) is 18.5 Å². The number of aromatic nitrogens is 2. The molecule has 12 heavy (non-hydrogen) atoms. The van der Waals surface area contributed by atoms with E-state index in [0.29, 0.717) is 6.10 Å². The number of nitrogens with zero attached hydrogens (tertiary/aromatic N) is 2. The molecule has 0 aliphatic heterocycles. The first kappa shape index (κ1) is 9.26. The molecule has 3 nitrogen and oxygen atoms in total. The molecule has 0 bridgehead atoms. The summed E-state index contributed by atoms with van der Waals surface area (Å²) in [4.78, 5) is 0. The third-order valence-electron chi connectivity index (χ3n) is 1.89. The summed E-state index contributed by atoms with van der Waals surface area (Å²) in [7, 11) is 1.75. The summed E-state index contributed by atoms with van der Waals surface area (Å²) < 4.78 is 7.21. The molecule has 0 amide bonds. The molecule has 1 heterocycles. The van der Waals surface area contributed by atoms with Crippen LogP contribution in [0.3, 0.4) is 0 Å². The van der Waals surface area contributed by atoms with Crippen molar-refractivity contribution in [3.05, 3.63) is 18.5 Å². The first-order valence-electron chi connectivity index (χ1n) is 4.37. The van der Waals surface area contributed by atoms with Gasteiger partial charge in [0.25, 0.3) is 0 Å². The summed E-state index contributed by atoms with van der Waals surface area (Å²) in [6.07, 6.45) is 6.30. The first-order chi connectivity index (χ1) is 5.86.